The molecule has 8 atom stereocenters. The van der Waals surface area contributed by atoms with Crippen molar-refractivity contribution < 1.29 is 105 Å². The van der Waals surface area contributed by atoms with Crippen LogP contribution in [0.4, 0.5) is 0 Å². The Kier molecular flexibility index (Phi) is 59.0. The first-order chi connectivity index (χ1) is 54.4. The molecule has 1 fully saturated rings. The lowest BCUT2D eigenvalue weighted by atomic mass is 9.96. The quantitative estimate of drug-likeness (QED) is 0.0298. The van der Waals surface area contributed by atoms with Crippen LogP contribution >= 0.6 is 21.6 Å². The number of benzene rings is 1. The van der Waals surface area contributed by atoms with Gasteiger partial charge >= 0.3 is 0 Å². The topological polar surface area (TPSA) is 540 Å². The average Bonchev–Trinajstić information content (AvgIpc) is 0.828. The average molecular weight is 1640 g/mol. The molecule has 19 N–H and O–H groups in total. The Hall–Kier alpha value is -7.53. The molecule has 644 valence electrons. The third-order valence-electron chi connectivity index (χ3n) is 17.6. The van der Waals surface area contributed by atoms with Gasteiger partial charge in [-0.2, -0.15) is 0 Å². The van der Waals surface area contributed by atoms with E-state index in [2.05, 4.69) is 60.1 Å². The number of rotatable bonds is 62. The van der Waals surface area contributed by atoms with Gasteiger partial charge in [-0.1, -0.05) is 138 Å². The van der Waals surface area contributed by atoms with Crippen LogP contribution in [-0.4, -0.2) is 268 Å². The van der Waals surface area contributed by atoms with Crippen molar-refractivity contribution in [1.82, 2.24) is 53.2 Å². The molecule has 1 aromatic carbocycles. The second-order valence-electron chi connectivity index (χ2n) is 27.2. The Balaban J connectivity index is 1.73. The van der Waals surface area contributed by atoms with Crippen molar-refractivity contribution in [2.24, 2.45) is 28.9 Å². The molecule has 1 aliphatic rings. The van der Waals surface area contributed by atoms with E-state index >= 15 is 0 Å². The normalized spacial score (nSPS) is 17.9. The van der Waals surface area contributed by atoms with Gasteiger partial charge in [0.1, 0.15) is 42.0 Å². The smallest absolute Gasteiger partial charge is 0.243 e. The minimum absolute atomic E-state index is 0.00530. The Labute approximate surface area is 672 Å². The summed E-state index contributed by atoms with van der Waals surface area (Å²) in [5.74, 6) is -11.7. The summed E-state index contributed by atoms with van der Waals surface area (Å²) in [6.45, 7) is 10.8. The number of hydrogen-bond acceptors (Lipinski definition) is 25. The number of phenols is 1. The van der Waals surface area contributed by atoms with Gasteiger partial charge in [-0.05, 0) is 55.7 Å². The zero-order chi connectivity index (χ0) is 83.1. The molecule has 13 amide bonds. The maximum absolute atomic E-state index is 14.1. The van der Waals surface area contributed by atoms with E-state index in [1.54, 1.807) is 13.8 Å². The molecule has 1 saturated heterocycles. The number of aromatic hydroxyl groups is 1. The molecule has 1 aromatic rings. The molecule has 2 rings (SSSR count). The van der Waals surface area contributed by atoms with Gasteiger partial charge in [0, 0.05) is 50.3 Å². The van der Waals surface area contributed by atoms with Gasteiger partial charge in [0.15, 0.2) is 0 Å². The van der Waals surface area contributed by atoms with Crippen molar-refractivity contribution in [3.8, 4) is 5.75 Å². The van der Waals surface area contributed by atoms with Gasteiger partial charge in [-0.15, -0.1) is 0 Å². The second-order valence-corrected chi connectivity index (χ2v) is 29.7. The van der Waals surface area contributed by atoms with Crippen LogP contribution in [0, 0.1) is 5.92 Å². The van der Waals surface area contributed by atoms with E-state index < -0.39 is 146 Å². The van der Waals surface area contributed by atoms with Crippen molar-refractivity contribution in [3.63, 3.8) is 0 Å². The van der Waals surface area contributed by atoms with Gasteiger partial charge in [0.2, 0.25) is 76.8 Å². The van der Waals surface area contributed by atoms with E-state index in [0.717, 1.165) is 34.4 Å². The number of hydrogen-bond donors (Lipinski definition) is 15. The number of nitrogens with one attached hydrogen (secondary N) is 10. The predicted molar refractivity (Wildman–Crippen MR) is 425 cm³/mol. The number of phenolic OH excluding ortho intramolecular Hbond substituents is 1. The van der Waals surface area contributed by atoms with Crippen LogP contribution in [0.1, 0.15) is 168 Å². The predicted octanol–water partition coefficient (Wildman–Crippen LogP) is -0.123. The standard InChI is InChI=1S/C75H130N14O22S2/c1-4-6-7-8-9-10-11-12-13-14-15-16-17-21-65(94)81-30-32-105-34-36-107-38-40-109-42-44-111-46-45-110-43-41-108-39-37-106-35-33-104-31-28-66(95)80-29-19-18-20-57(70(98)82-49-64(79)93)84-67(96)50-83-71(99)61-52-113-112-51-56(76)69(97)86-59(47-54-22-24-55(90)25-23-54)74(102)89-68(53(3)5-2)75(103)85-58(26-27-62(77)91)72(100)87-60(48-63(78)92)73(101)88-61/h22-25,53,56-61,68,90H,4-21,26-52,76H2,1-3H3,(H2,77,91)(H2,78,92)(H2,79,93)(H,80,95)(H,81,94)(H,82,98)(H,83,99)(H,84,96)(H,85,103)(H,86,97)(H,87,100)(H,88,101)(H,89,102)/t53-,56-,57-,58-,59-,60-,61-,68-/m0/s1. The first-order valence-corrected chi connectivity index (χ1v) is 42.1. The minimum Gasteiger partial charge on any atom is -0.508 e. The summed E-state index contributed by atoms with van der Waals surface area (Å²) in [7, 11) is 1.91. The summed E-state index contributed by atoms with van der Waals surface area (Å²) < 4.78 is 44.3. The lowest BCUT2D eigenvalue weighted by Crippen LogP contribution is -2.61. The van der Waals surface area contributed by atoms with Gasteiger partial charge in [0.05, 0.1) is 131 Å². The zero-order valence-electron chi connectivity index (χ0n) is 66.4. The SMILES string of the molecule is CCCCCCCCCCCCCCCC(=O)NCCOCCOCCOCCOCCOCCOCCOCCOCCC(=O)NCCCC[C@H](NC(=O)CNC(=O)[C@@H]1CSSC[C@H](N)C(=O)N[C@@H](Cc2ccc(O)cc2)C(=O)N[C@@H]([C@@H](C)CC)C(=O)N[C@@H](CCC(N)=O)C(=O)N[C@@H](CC(N)=O)C(=O)N1)C(=O)NCC(N)=O. The maximum atomic E-state index is 14.1. The summed E-state index contributed by atoms with van der Waals surface area (Å²) in [4.78, 5) is 171. The van der Waals surface area contributed by atoms with E-state index in [0.29, 0.717) is 117 Å². The van der Waals surface area contributed by atoms with E-state index in [1.807, 2.05) is 0 Å². The zero-order valence-corrected chi connectivity index (χ0v) is 68.0. The number of nitrogens with two attached hydrogens (primary N) is 4. The summed E-state index contributed by atoms with van der Waals surface area (Å²) in [6, 6.07) is -4.52. The minimum atomic E-state index is -1.81. The van der Waals surface area contributed by atoms with Crippen molar-refractivity contribution in [3.05, 3.63) is 29.8 Å². The van der Waals surface area contributed by atoms with Crippen molar-refractivity contribution >= 4 is 98.4 Å². The highest BCUT2D eigenvalue weighted by molar-refractivity contribution is 8.76. The van der Waals surface area contributed by atoms with Gasteiger partial charge in [0.25, 0.3) is 0 Å². The fourth-order valence-electron chi connectivity index (χ4n) is 10.9. The molecular formula is C75H130N14O22S2. The molecular weight excluding hydrogens is 1510 g/mol. The molecule has 0 spiro atoms. The Bertz CT molecular complexity index is 2920. The van der Waals surface area contributed by atoms with Crippen LogP contribution in [0.15, 0.2) is 24.3 Å². The van der Waals surface area contributed by atoms with E-state index in [4.69, 9.17) is 60.8 Å². The molecule has 38 heteroatoms. The fraction of sp³-hybridized carbons (Fsp3) is 0.747. The number of ether oxygens (including phenoxy) is 8. The maximum Gasteiger partial charge on any atom is 0.243 e. The highest BCUT2D eigenvalue weighted by Crippen LogP contribution is 2.24. The van der Waals surface area contributed by atoms with Crippen molar-refractivity contribution in [2.45, 2.75) is 211 Å². The van der Waals surface area contributed by atoms with Crippen LogP contribution in [0.25, 0.3) is 0 Å². The van der Waals surface area contributed by atoms with Crippen LogP contribution in [0.3, 0.4) is 0 Å². The van der Waals surface area contributed by atoms with Gasteiger partial charge in [-0.25, -0.2) is 0 Å². The number of unbranched alkanes of at least 4 members (excludes halogenated alkanes) is 13. The third kappa shape index (κ3) is 53.3. The number of carbonyl (C=O) groups is 13. The fourth-order valence-corrected chi connectivity index (χ4v) is 13.2. The van der Waals surface area contributed by atoms with Crippen LogP contribution in [0.5, 0.6) is 5.75 Å². The summed E-state index contributed by atoms with van der Waals surface area (Å²) in [5, 5.41) is 35.4. The molecule has 0 unspecified atom stereocenters. The van der Waals surface area contributed by atoms with E-state index in [9.17, 15) is 67.4 Å². The molecule has 0 aliphatic carbocycles. The first-order valence-electron chi connectivity index (χ1n) is 39.6. The highest BCUT2D eigenvalue weighted by atomic mass is 33.1. The second kappa shape index (κ2) is 65.7. The number of primary amides is 3. The van der Waals surface area contributed by atoms with Crippen LogP contribution in [0.2, 0.25) is 0 Å². The molecule has 0 aromatic heterocycles. The molecule has 0 radical (unpaired) electrons. The highest BCUT2D eigenvalue weighted by Gasteiger charge is 2.36. The van der Waals surface area contributed by atoms with E-state index in [-0.39, 0.29) is 81.1 Å². The summed E-state index contributed by atoms with van der Waals surface area (Å²) in [6.07, 6.45) is 16.3. The van der Waals surface area contributed by atoms with Crippen LogP contribution < -0.4 is 76.1 Å². The van der Waals surface area contributed by atoms with Crippen molar-refractivity contribution in [1.29, 1.82) is 0 Å². The summed E-state index contributed by atoms with van der Waals surface area (Å²) in [5.41, 5.74) is 23.0. The molecule has 1 heterocycles. The van der Waals surface area contributed by atoms with Crippen LogP contribution in [-0.2, 0) is 107 Å². The molecule has 0 bridgehead atoms. The lowest BCUT2D eigenvalue weighted by Gasteiger charge is -2.29. The van der Waals surface area contributed by atoms with Gasteiger partial charge in [-0.3, -0.25) is 62.3 Å². The largest absolute Gasteiger partial charge is 0.508 e. The van der Waals surface area contributed by atoms with Crippen molar-refractivity contribution in [2.75, 3.05) is 143 Å². The third-order valence-corrected chi connectivity index (χ3v) is 20.0. The Morgan fingerprint density at radius 1 is 0.469 bits per heavy atom. The molecule has 36 nitrogen and oxygen atoms in total. The Morgan fingerprint density at radius 3 is 1.48 bits per heavy atom. The lowest BCUT2D eigenvalue weighted by molar-refractivity contribution is -0.136. The first kappa shape index (κ1) is 102. The molecule has 1 aliphatic heterocycles. The van der Waals surface area contributed by atoms with E-state index in [1.165, 1.54) is 94.9 Å². The Morgan fingerprint density at radius 2 is 0.947 bits per heavy atom. The molecule has 113 heavy (non-hydrogen) atoms. The monoisotopic (exact) mass is 1640 g/mol. The summed E-state index contributed by atoms with van der Waals surface area (Å²) >= 11 is 0. The molecule has 0 saturated carbocycles. The number of carbonyl (C=O) groups excluding carboxylic acids is 13. The van der Waals surface area contributed by atoms with Gasteiger partial charge < -0.3 is 119 Å². The number of amides is 13.